The van der Waals surface area contributed by atoms with Gasteiger partial charge in [0.2, 0.25) is 5.91 Å². The second-order valence-corrected chi connectivity index (χ2v) is 7.05. The molecular formula is C13H25N3OS. The molecule has 1 amide bonds. The van der Waals surface area contributed by atoms with Gasteiger partial charge in [-0.2, -0.15) is 0 Å². The third-order valence-corrected chi connectivity index (χ3v) is 3.67. The lowest BCUT2D eigenvalue weighted by molar-refractivity contribution is -0.122. The van der Waals surface area contributed by atoms with Crippen molar-refractivity contribution in [3.63, 3.8) is 0 Å². The third kappa shape index (κ3) is 5.76. The highest BCUT2D eigenvalue weighted by Crippen LogP contribution is 2.18. The average molecular weight is 271 g/mol. The molecule has 1 heterocycles. The van der Waals surface area contributed by atoms with E-state index in [4.69, 9.17) is 0 Å². The Kier molecular flexibility index (Phi) is 5.50. The molecule has 1 aliphatic heterocycles. The van der Waals surface area contributed by atoms with Crippen LogP contribution < -0.4 is 10.6 Å². The quantitative estimate of drug-likeness (QED) is 0.822. The van der Waals surface area contributed by atoms with Crippen molar-refractivity contribution in [1.29, 1.82) is 0 Å². The summed E-state index contributed by atoms with van der Waals surface area (Å²) in [4.78, 5) is 16.0. The summed E-state index contributed by atoms with van der Waals surface area (Å²) in [5.41, 5.74) is -0.159. The normalized spacial score (nSPS) is 22.3. The third-order valence-electron chi connectivity index (χ3n) is 2.62. The molecule has 0 saturated carbocycles. The van der Waals surface area contributed by atoms with Crippen LogP contribution in [0.25, 0.3) is 0 Å². The monoisotopic (exact) mass is 271 g/mol. The number of rotatable bonds is 4. The Morgan fingerprint density at radius 2 is 2.22 bits per heavy atom. The van der Waals surface area contributed by atoms with E-state index in [-0.39, 0.29) is 11.4 Å². The molecule has 104 valence electrons. The van der Waals surface area contributed by atoms with Gasteiger partial charge in [-0.3, -0.25) is 9.79 Å². The first kappa shape index (κ1) is 15.3. The van der Waals surface area contributed by atoms with Gasteiger partial charge < -0.3 is 10.6 Å². The van der Waals surface area contributed by atoms with E-state index in [1.165, 1.54) is 0 Å². The van der Waals surface area contributed by atoms with Crippen LogP contribution in [-0.4, -0.2) is 35.0 Å². The summed E-state index contributed by atoms with van der Waals surface area (Å²) in [6.45, 7) is 10.9. The highest BCUT2D eigenvalue weighted by Gasteiger charge is 2.22. The number of amidine groups is 1. The minimum absolute atomic E-state index is 0.0651. The van der Waals surface area contributed by atoms with Crippen LogP contribution in [0.15, 0.2) is 4.99 Å². The molecule has 0 aromatic heterocycles. The van der Waals surface area contributed by atoms with Gasteiger partial charge in [0.15, 0.2) is 5.17 Å². The van der Waals surface area contributed by atoms with Gasteiger partial charge in [-0.15, -0.1) is 0 Å². The van der Waals surface area contributed by atoms with Crippen LogP contribution in [0.2, 0.25) is 0 Å². The maximum atomic E-state index is 11.6. The lowest BCUT2D eigenvalue weighted by Crippen LogP contribution is -2.40. The minimum Gasteiger partial charge on any atom is -0.361 e. The summed E-state index contributed by atoms with van der Waals surface area (Å²) in [5, 5.41) is 7.31. The van der Waals surface area contributed by atoms with Gasteiger partial charge in [0.1, 0.15) is 0 Å². The predicted molar refractivity (Wildman–Crippen MR) is 79.0 cm³/mol. The van der Waals surface area contributed by atoms with E-state index in [2.05, 4.69) is 29.5 Å². The fourth-order valence-electron chi connectivity index (χ4n) is 1.60. The standard InChI is InChI=1S/C13H25N3OS/c1-9(2)10-8-18-12(15-10)14-7-6-11(17)16-13(3,4)5/h9-10H,6-8H2,1-5H3,(H,14,15)(H,16,17)/t10-/m1/s1. The van der Waals surface area contributed by atoms with Crippen molar-refractivity contribution in [2.24, 2.45) is 10.9 Å². The second kappa shape index (κ2) is 6.45. The molecule has 0 spiro atoms. The fourth-order valence-corrected chi connectivity index (χ4v) is 2.82. The van der Waals surface area contributed by atoms with Gasteiger partial charge in [0.05, 0.1) is 6.54 Å². The second-order valence-electron chi connectivity index (χ2n) is 6.04. The van der Waals surface area contributed by atoms with Crippen LogP contribution in [0.5, 0.6) is 0 Å². The summed E-state index contributed by atoms with van der Waals surface area (Å²) in [6.07, 6.45) is 0.454. The van der Waals surface area contributed by atoms with Crippen molar-refractivity contribution in [2.45, 2.75) is 52.6 Å². The van der Waals surface area contributed by atoms with Crippen LogP contribution >= 0.6 is 11.8 Å². The minimum atomic E-state index is -0.159. The summed E-state index contributed by atoms with van der Waals surface area (Å²) in [5.74, 6) is 1.76. The van der Waals surface area contributed by atoms with Crippen LogP contribution in [0.4, 0.5) is 0 Å². The zero-order valence-electron chi connectivity index (χ0n) is 12.0. The number of aliphatic imine (C=N–C) groups is 1. The Bertz CT molecular complexity index is 321. The maximum Gasteiger partial charge on any atom is 0.222 e. The van der Waals surface area contributed by atoms with Gasteiger partial charge in [-0.25, -0.2) is 0 Å². The van der Waals surface area contributed by atoms with Gasteiger partial charge >= 0.3 is 0 Å². The van der Waals surface area contributed by atoms with Crippen LogP contribution in [0.3, 0.4) is 0 Å². The smallest absolute Gasteiger partial charge is 0.222 e. The Hall–Kier alpha value is -0.710. The molecule has 18 heavy (non-hydrogen) atoms. The molecule has 1 aliphatic rings. The Morgan fingerprint density at radius 3 is 2.72 bits per heavy atom. The number of hydrogen-bond donors (Lipinski definition) is 2. The van der Waals surface area contributed by atoms with Gasteiger partial charge in [-0.05, 0) is 26.7 Å². The highest BCUT2D eigenvalue weighted by molar-refractivity contribution is 8.14. The summed E-state index contributed by atoms with van der Waals surface area (Å²) >= 11 is 1.75. The van der Waals surface area contributed by atoms with E-state index in [0.717, 1.165) is 10.9 Å². The lowest BCUT2D eigenvalue weighted by Gasteiger charge is -2.20. The average Bonchev–Trinajstić information content (AvgIpc) is 2.63. The molecule has 1 saturated heterocycles. The number of thioether (sulfide) groups is 1. The Labute approximate surface area is 114 Å². The summed E-state index contributed by atoms with van der Waals surface area (Å²) < 4.78 is 0. The summed E-state index contributed by atoms with van der Waals surface area (Å²) in [6, 6.07) is 0.511. The molecular weight excluding hydrogens is 246 g/mol. The van der Waals surface area contributed by atoms with Crippen molar-refractivity contribution in [1.82, 2.24) is 10.6 Å². The number of nitrogens with zero attached hydrogens (tertiary/aromatic N) is 1. The van der Waals surface area contributed by atoms with E-state index in [0.29, 0.717) is 24.9 Å². The predicted octanol–water partition coefficient (Wildman–Crippen LogP) is 2.01. The zero-order chi connectivity index (χ0) is 13.8. The van der Waals surface area contributed by atoms with Crippen molar-refractivity contribution in [2.75, 3.05) is 12.3 Å². The van der Waals surface area contributed by atoms with E-state index in [1.807, 2.05) is 20.8 Å². The molecule has 0 bridgehead atoms. The number of amides is 1. The fraction of sp³-hybridized carbons (Fsp3) is 0.846. The van der Waals surface area contributed by atoms with Crippen molar-refractivity contribution >= 4 is 22.8 Å². The Balaban J connectivity index is 2.28. The number of carbonyl (C=O) groups excluding carboxylic acids is 1. The molecule has 1 fully saturated rings. The topological polar surface area (TPSA) is 53.5 Å². The molecule has 5 heteroatoms. The van der Waals surface area contributed by atoms with Crippen molar-refractivity contribution in [3.8, 4) is 0 Å². The van der Waals surface area contributed by atoms with Gasteiger partial charge in [-0.1, -0.05) is 25.6 Å². The molecule has 0 aromatic carbocycles. The van der Waals surface area contributed by atoms with Gasteiger partial charge in [0, 0.05) is 23.8 Å². The molecule has 0 radical (unpaired) electrons. The van der Waals surface area contributed by atoms with E-state index >= 15 is 0 Å². The molecule has 1 rings (SSSR count). The first-order chi connectivity index (χ1) is 8.28. The lowest BCUT2D eigenvalue weighted by atomic mass is 10.1. The summed E-state index contributed by atoms with van der Waals surface area (Å²) in [7, 11) is 0. The largest absolute Gasteiger partial charge is 0.361 e. The highest BCUT2D eigenvalue weighted by atomic mass is 32.2. The molecule has 0 aliphatic carbocycles. The van der Waals surface area contributed by atoms with Crippen molar-refractivity contribution in [3.05, 3.63) is 0 Å². The number of nitrogens with one attached hydrogen (secondary N) is 2. The molecule has 2 N–H and O–H groups in total. The zero-order valence-corrected chi connectivity index (χ0v) is 12.9. The first-order valence-corrected chi connectivity index (χ1v) is 7.51. The SMILES string of the molecule is CC(C)[C@H]1CSC(=NCCC(=O)NC(C)(C)C)N1. The number of hydrogen-bond acceptors (Lipinski definition) is 3. The van der Waals surface area contributed by atoms with Crippen LogP contribution in [0, 0.1) is 5.92 Å². The first-order valence-electron chi connectivity index (χ1n) is 6.53. The molecule has 0 aromatic rings. The molecule has 4 nitrogen and oxygen atoms in total. The van der Waals surface area contributed by atoms with Gasteiger partial charge in [0.25, 0.3) is 0 Å². The van der Waals surface area contributed by atoms with E-state index in [1.54, 1.807) is 11.8 Å². The van der Waals surface area contributed by atoms with E-state index in [9.17, 15) is 4.79 Å². The van der Waals surface area contributed by atoms with Crippen LogP contribution in [0.1, 0.15) is 41.0 Å². The van der Waals surface area contributed by atoms with Crippen LogP contribution in [-0.2, 0) is 4.79 Å². The molecule has 0 unspecified atom stereocenters. The molecule has 1 atom stereocenters. The van der Waals surface area contributed by atoms with E-state index < -0.39 is 0 Å². The number of carbonyl (C=O) groups is 1. The van der Waals surface area contributed by atoms with Crippen molar-refractivity contribution < 1.29 is 4.79 Å². The Morgan fingerprint density at radius 1 is 1.56 bits per heavy atom. The maximum absolute atomic E-state index is 11.6.